The van der Waals surface area contributed by atoms with Gasteiger partial charge in [0.15, 0.2) is 0 Å². The Morgan fingerprint density at radius 1 is 1.44 bits per heavy atom. The van der Waals surface area contributed by atoms with Crippen molar-refractivity contribution in [2.45, 2.75) is 6.18 Å². The lowest BCUT2D eigenvalue weighted by Gasteiger charge is -2.08. The van der Waals surface area contributed by atoms with Gasteiger partial charge in [-0.15, -0.1) is 0 Å². The Hall–Kier alpha value is -1.57. The summed E-state index contributed by atoms with van der Waals surface area (Å²) in [4.78, 5) is 7.60. The van der Waals surface area contributed by atoms with E-state index in [-0.39, 0.29) is 24.9 Å². The molecule has 0 fully saturated rings. The van der Waals surface area contributed by atoms with E-state index in [1.807, 2.05) is 0 Å². The summed E-state index contributed by atoms with van der Waals surface area (Å²) in [7, 11) is 0. The van der Waals surface area contributed by atoms with Crippen LogP contribution in [-0.2, 0) is 4.74 Å². The van der Waals surface area contributed by atoms with Gasteiger partial charge >= 0.3 is 6.18 Å². The minimum atomic E-state index is -4.30. The number of rotatable bonds is 5. The molecule has 8 heteroatoms. The highest BCUT2D eigenvalue weighted by Crippen LogP contribution is 2.14. The second-order valence-electron chi connectivity index (χ2n) is 2.90. The largest absolute Gasteiger partial charge is 0.411 e. The summed E-state index contributed by atoms with van der Waals surface area (Å²) in [6, 6.07) is 1.51. The fourth-order valence-electron chi connectivity index (χ4n) is 0.881. The number of nitrogens with one attached hydrogen (secondary N) is 1. The zero-order chi connectivity index (χ0) is 12.0. The Labute approximate surface area is 89.8 Å². The van der Waals surface area contributed by atoms with Crippen LogP contribution >= 0.6 is 0 Å². The minimum Gasteiger partial charge on any atom is -0.384 e. The Balaban J connectivity index is 2.17. The predicted molar refractivity (Wildman–Crippen MR) is 51.8 cm³/mol. The van der Waals surface area contributed by atoms with Crippen LogP contribution in [-0.4, -0.2) is 35.9 Å². The fraction of sp³-hybridized carbons (Fsp3) is 0.500. The normalized spacial score (nSPS) is 11.4. The van der Waals surface area contributed by atoms with Gasteiger partial charge in [-0.3, -0.25) is 0 Å². The number of ether oxygens (including phenoxy) is 1. The van der Waals surface area contributed by atoms with Gasteiger partial charge < -0.3 is 15.8 Å². The van der Waals surface area contributed by atoms with Crippen LogP contribution < -0.4 is 11.1 Å². The number of hydrogen-bond acceptors (Lipinski definition) is 5. The molecule has 0 spiro atoms. The summed E-state index contributed by atoms with van der Waals surface area (Å²) in [5.74, 6) is 0.546. The van der Waals surface area contributed by atoms with E-state index < -0.39 is 12.8 Å². The highest BCUT2D eigenvalue weighted by atomic mass is 19.4. The molecule has 5 nitrogen and oxygen atoms in total. The predicted octanol–water partition coefficient (Wildman–Crippen LogP) is 1.05. The highest BCUT2D eigenvalue weighted by Gasteiger charge is 2.27. The first-order chi connectivity index (χ1) is 7.47. The number of hydrogen-bond donors (Lipinski definition) is 2. The Morgan fingerprint density at radius 3 is 2.81 bits per heavy atom. The number of alkyl halides is 3. The Bertz CT molecular complexity index is 331. The molecule has 0 aliphatic rings. The van der Waals surface area contributed by atoms with Crippen LogP contribution in [0.15, 0.2) is 12.3 Å². The van der Waals surface area contributed by atoms with Crippen molar-refractivity contribution in [3.63, 3.8) is 0 Å². The standard InChI is InChI=1S/C8H11F3N4O/c9-8(10,11)5-16-4-3-14-7-13-2-1-6(12)15-7/h1-2H,3-5H2,(H3,12,13,14,15). The second-order valence-corrected chi connectivity index (χ2v) is 2.90. The zero-order valence-corrected chi connectivity index (χ0v) is 8.29. The lowest BCUT2D eigenvalue weighted by Crippen LogP contribution is -2.20. The summed E-state index contributed by atoms with van der Waals surface area (Å²) in [5.41, 5.74) is 5.37. The Morgan fingerprint density at radius 2 is 2.19 bits per heavy atom. The van der Waals surface area contributed by atoms with Gasteiger partial charge in [0.05, 0.1) is 6.61 Å². The molecule has 16 heavy (non-hydrogen) atoms. The third-order valence-corrected chi connectivity index (χ3v) is 1.47. The highest BCUT2D eigenvalue weighted by molar-refractivity contribution is 5.34. The number of halogens is 3. The van der Waals surface area contributed by atoms with Crippen molar-refractivity contribution >= 4 is 11.8 Å². The minimum absolute atomic E-state index is 0.0856. The van der Waals surface area contributed by atoms with Crippen molar-refractivity contribution in [2.24, 2.45) is 0 Å². The van der Waals surface area contributed by atoms with Gasteiger partial charge in [-0.05, 0) is 6.07 Å². The molecule has 1 aromatic heterocycles. The third kappa shape index (κ3) is 5.35. The maximum Gasteiger partial charge on any atom is 0.411 e. The summed E-state index contributed by atoms with van der Waals surface area (Å²) in [6.07, 6.45) is -2.85. The van der Waals surface area contributed by atoms with E-state index >= 15 is 0 Å². The molecular formula is C8H11F3N4O. The van der Waals surface area contributed by atoms with Crippen LogP contribution in [0.5, 0.6) is 0 Å². The molecule has 0 unspecified atom stereocenters. The van der Waals surface area contributed by atoms with Crippen molar-refractivity contribution in [1.29, 1.82) is 0 Å². The molecule has 0 aliphatic carbocycles. The van der Waals surface area contributed by atoms with Crippen molar-refractivity contribution in [3.8, 4) is 0 Å². The summed E-state index contributed by atoms with van der Waals surface area (Å²) in [6.45, 7) is -1.16. The summed E-state index contributed by atoms with van der Waals surface area (Å²) < 4.78 is 39.4. The van der Waals surface area contributed by atoms with Crippen LogP contribution in [0.1, 0.15) is 0 Å². The van der Waals surface area contributed by atoms with Crippen LogP contribution in [0.2, 0.25) is 0 Å². The molecule has 0 atom stereocenters. The van der Waals surface area contributed by atoms with Gasteiger partial charge in [0, 0.05) is 12.7 Å². The van der Waals surface area contributed by atoms with Gasteiger partial charge in [0.2, 0.25) is 5.95 Å². The van der Waals surface area contributed by atoms with E-state index in [2.05, 4.69) is 20.0 Å². The van der Waals surface area contributed by atoms with E-state index in [4.69, 9.17) is 5.73 Å². The van der Waals surface area contributed by atoms with Crippen LogP contribution in [0.3, 0.4) is 0 Å². The number of anilines is 2. The van der Waals surface area contributed by atoms with Gasteiger partial charge in [-0.2, -0.15) is 18.2 Å². The quantitative estimate of drug-likeness (QED) is 0.747. The topological polar surface area (TPSA) is 73.1 Å². The molecule has 0 radical (unpaired) electrons. The molecule has 0 saturated carbocycles. The molecule has 0 bridgehead atoms. The van der Waals surface area contributed by atoms with Crippen molar-refractivity contribution in [3.05, 3.63) is 12.3 Å². The third-order valence-electron chi connectivity index (χ3n) is 1.47. The van der Waals surface area contributed by atoms with Gasteiger partial charge in [0.25, 0.3) is 0 Å². The maximum atomic E-state index is 11.7. The lowest BCUT2D eigenvalue weighted by atomic mass is 10.6. The molecule has 90 valence electrons. The second kappa shape index (κ2) is 5.50. The van der Waals surface area contributed by atoms with E-state index in [9.17, 15) is 13.2 Å². The summed E-state index contributed by atoms with van der Waals surface area (Å²) in [5, 5.41) is 2.68. The molecule has 1 heterocycles. The molecular weight excluding hydrogens is 225 g/mol. The first-order valence-electron chi connectivity index (χ1n) is 4.44. The maximum absolute atomic E-state index is 11.7. The number of nitrogens with two attached hydrogens (primary N) is 1. The van der Waals surface area contributed by atoms with E-state index in [0.29, 0.717) is 0 Å². The summed E-state index contributed by atoms with van der Waals surface area (Å²) >= 11 is 0. The molecule has 3 N–H and O–H groups in total. The van der Waals surface area contributed by atoms with Crippen LogP contribution in [0.25, 0.3) is 0 Å². The first-order valence-corrected chi connectivity index (χ1v) is 4.44. The van der Waals surface area contributed by atoms with E-state index in [1.54, 1.807) is 0 Å². The molecule has 0 amide bonds. The molecule has 0 aliphatic heterocycles. The van der Waals surface area contributed by atoms with Gasteiger partial charge in [0.1, 0.15) is 12.4 Å². The monoisotopic (exact) mass is 236 g/mol. The lowest BCUT2D eigenvalue weighted by molar-refractivity contribution is -0.172. The number of nitrogens with zero attached hydrogens (tertiary/aromatic N) is 2. The van der Waals surface area contributed by atoms with Crippen LogP contribution in [0, 0.1) is 0 Å². The van der Waals surface area contributed by atoms with Crippen molar-refractivity contribution < 1.29 is 17.9 Å². The van der Waals surface area contributed by atoms with Gasteiger partial charge in [-0.1, -0.05) is 0 Å². The molecule has 1 aromatic rings. The number of nitrogen functional groups attached to an aromatic ring is 1. The molecule has 0 aromatic carbocycles. The zero-order valence-electron chi connectivity index (χ0n) is 8.29. The average molecular weight is 236 g/mol. The Kier molecular flexibility index (Phi) is 4.29. The van der Waals surface area contributed by atoms with Gasteiger partial charge in [-0.25, -0.2) is 4.98 Å². The number of aromatic nitrogens is 2. The first kappa shape index (κ1) is 12.5. The average Bonchev–Trinajstić information content (AvgIpc) is 2.15. The fourth-order valence-corrected chi connectivity index (χ4v) is 0.881. The van der Waals surface area contributed by atoms with Crippen molar-refractivity contribution in [2.75, 3.05) is 30.8 Å². The molecule has 0 saturated heterocycles. The van der Waals surface area contributed by atoms with Crippen molar-refractivity contribution in [1.82, 2.24) is 9.97 Å². The van der Waals surface area contributed by atoms with E-state index in [0.717, 1.165) is 0 Å². The molecule has 1 rings (SSSR count). The van der Waals surface area contributed by atoms with E-state index in [1.165, 1.54) is 12.3 Å². The smallest absolute Gasteiger partial charge is 0.384 e. The SMILES string of the molecule is Nc1ccnc(NCCOCC(F)(F)F)n1. The van der Waals surface area contributed by atoms with Crippen LogP contribution in [0.4, 0.5) is 24.9 Å².